The number of hydrogen-bond acceptors (Lipinski definition) is 6. The first-order chi connectivity index (χ1) is 64.4. The molecule has 10 aromatic carbocycles. The number of benzene rings is 10. The van der Waals surface area contributed by atoms with E-state index >= 15 is 0 Å². The fraction of sp³-hybridized carbons (Fsp3) is 0.0756. The van der Waals surface area contributed by atoms with Crippen molar-refractivity contribution in [2.45, 2.75) is 48.0 Å². The summed E-state index contributed by atoms with van der Waals surface area (Å²) in [6.07, 6.45) is 28.3. The normalized spacial score (nSPS) is 11.8. The Bertz CT molecular complexity index is 7100. The fourth-order valence-corrected chi connectivity index (χ4v) is 23.7. The van der Waals surface area contributed by atoms with Crippen LogP contribution in [0.3, 0.4) is 0 Å². The Morgan fingerprint density at radius 3 is 0.515 bits per heavy atom. The average molecular weight is 1840 g/mol. The first-order valence-electron chi connectivity index (χ1n) is 44.9. The van der Waals surface area contributed by atoms with Gasteiger partial charge in [0.25, 0.3) is 0 Å². The fourth-order valence-electron chi connectivity index (χ4n) is 18.1. The minimum Gasteiger partial charge on any atom is -0.354 e. The maximum atomic E-state index is 5.39. The van der Waals surface area contributed by atoms with E-state index in [0.29, 0.717) is 0 Å². The van der Waals surface area contributed by atoms with Gasteiger partial charge >= 0.3 is 20.4 Å². The molecule has 0 atom stereocenters. The predicted molar refractivity (Wildman–Crippen MR) is 560 cm³/mol. The molecule has 18 aromatic rings. The van der Waals surface area contributed by atoms with Crippen LogP contribution in [0, 0.1) is 41.5 Å². The Balaban J connectivity index is 0.000000133. The first-order valence-corrected chi connectivity index (χ1v) is 48.3. The van der Waals surface area contributed by atoms with Gasteiger partial charge in [0.05, 0.1) is 94.9 Å². The number of pyridine rings is 2. The summed E-state index contributed by atoms with van der Waals surface area (Å²) < 4.78 is 0. The van der Waals surface area contributed by atoms with Gasteiger partial charge in [-0.15, -0.1) is 0 Å². The van der Waals surface area contributed by atoms with E-state index in [0.717, 1.165) is 179 Å². The Kier molecular flexibility index (Phi) is 25.8. The van der Waals surface area contributed by atoms with Crippen molar-refractivity contribution in [3.05, 3.63) is 443 Å². The van der Waals surface area contributed by atoms with Crippen LogP contribution in [0.5, 0.6) is 0 Å². The summed E-state index contributed by atoms with van der Waals surface area (Å²) in [5, 5.41) is 6.10. The van der Waals surface area contributed by atoms with Gasteiger partial charge in [0, 0.05) is 120 Å². The Labute approximate surface area is 786 Å². The molecular formula is C119H98N10P2Pd+4. The van der Waals surface area contributed by atoms with Crippen molar-refractivity contribution >= 4 is 130 Å². The minimum absolute atomic E-state index is 0. The molecule has 4 aliphatic heterocycles. The molecule has 0 fully saturated rings. The molecule has 0 spiro atoms. The van der Waals surface area contributed by atoms with Crippen molar-refractivity contribution in [3.8, 4) is 89.0 Å². The third-order valence-electron chi connectivity index (χ3n) is 24.8. The zero-order valence-corrected chi connectivity index (χ0v) is 77.9. The van der Waals surface area contributed by atoms with E-state index in [2.05, 4.69) is 436 Å². The topological polar surface area (TPSA) is 140 Å². The largest absolute Gasteiger partial charge is 2.00 e. The van der Waals surface area contributed by atoms with Gasteiger partial charge in [-0.2, -0.15) is 0 Å². The molecule has 0 amide bonds. The van der Waals surface area contributed by atoms with Gasteiger partial charge in [-0.1, -0.05) is 252 Å². The monoisotopic (exact) mass is 1830 g/mol. The number of hydrogen-bond donors (Lipinski definition) is 4. The van der Waals surface area contributed by atoms with E-state index in [-0.39, 0.29) is 20.4 Å². The number of aryl methyl sites for hydroxylation is 6. The molecule has 640 valence electrons. The number of aromatic amines is 4. The molecule has 8 aromatic heterocycles. The summed E-state index contributed by atoms with van der Waals surface area (Å²) in [5.41, 5.74) is 39.2. The number of fused-ring (bicyclic) bond motifs is 16. The van der Waals surface area contributed by atoms with Crippen LogP contribution in [0.15, 0.2) is 365 Å². The van der Waals surface area contributed by atoms with Crippen LogP contribution in [0.4, 0.5) is 0 Å². The molecule has 132 heavy (non-hydrogen) atoms. The molecule has 16 bridgehead atoms. The summed E-state index contributed by atoms with van der Waals surface area (Å²) in [6.45, 7) is 12.7. The summed E-state index contributed by atoms with van der Waals surface area (Å²) >= 11 is 0. The van der Waals surface area contributed by atoms with E-state index in [1.807, 2.05) is 49.1 Å². The van der Waals surface area contributed by atoms with Crippen LogP contribution in [0.25, 0.3) is 182 Å². The average Bonchev–Trinajstić information content (AvgIpc) is 1.61. The number of nitrogens with one attached hydrogen (secondary N) is 4. The molecule has 13 heteroatoms. The Morgan fingerprint density at radius 1 is 0.189 bits per heavy atom. The summed E-state index contributed by atoms with van der Waals surface area (Å²) in [6, 6.07) is 122. The van der Waals surface area contributed by atoms with Crippen molar-refractivity contribution in [1.82, 2.24) is 49.8 Å². The number of rotatable bonds is 16. The van der Waals surface area contributed by atoms with Crippen LogP contribution in [0.1, 0.15) is 85.4 Å². The van der Waals surface area contributed by atoms with Crippen LogP contribution >= 0.6 is 15.8 Å². The molecule has 12 heterocycles. The molecule has 0 radical (unpaired) electrons. The predicted octanol–water partition coefficient (Wildman–Crippen LogP) is 28.4. The van der Waals surface area contributed by atoms with Gasteiger partial charge in [0.1, 0.15) is 0 Å². The molecule has 4 aliphatic rings. The maximum Gasteiger partial charge on any atom is 2.00 e. The van der Waals surface area contributed by atoms with Crippen molar-refractivity contribution < 1.29 is 20.4 Å². The third kappa shape index (κ3) is 18.7. The molecule has 0 aliphatic carbocycles. The second-order valence-corrected chi connectivity index (χ2v) is 39.2. The number of H-pyrrole nitrogens is 4. The summed E-state index contributed by atoms with van der Waals surface area (Å²) in [4.78, 5) is 45.5. The zero-order chi connectivity index (χ0) is 88.7. The maximum absolute atomic E-state index is 5.39. The van der Waals surface area contributed by atoms with Crippen molar-refractivity contribution in [3.63, 3.8) is 0 Å². The SMILES string of the molecule is Cc1ccc(-c2c3nc(c(-c4ccc(C)cc4)c4ccc([nH]4)c(-c4ccc(C)cc4)c4nc(c(-c5ccncc5)c5ccc2[nH]5)C=C4)C=C3)cc1.Cc1ccc(-c2c3nc(c(-c4ccc(C)cc4)c4ccc([nH]4)c(-c4ccc(C)cc4)c4nc(c(-c5ccncc5)c5ccc2[nH]5)C=C4)C=C3)cc1.[Pd+2].c1ccc([PH+](CCC[PH+](c2ccccc2)c2ccccc2)c2ccccc2)cc1. The van der Waals surface area contributed by atoms with Crippen LogP contribution < -0.4 is 21.2 Å². The van der Waals surface area contributed by atoms with Gasteiger partial charge in [-0.25, -0.2) is 19.9 Å². The van der Waals surface area contributed by atoms with E-state index in [9.17, 15) is 0 Å². The van der Waals surface area contributed by atoms with Gasteiger partial charge < -0.3 is 19.9 Å². The van der Waals surface area contributed by atoms with Crippen LogP contribution in [-0.4, -0.2) is 62.2 Å². The number of nitrogens with zero attached hydrogens (tertiary/aromatic N) is 6. The van der Waals surface area contributed by atoms with Gasteiger partial charge in [0.15, 0.2) is 0 Å². The standard InChI is InChI=1S/2C46H35N5.C27H26P2.Pd/c2*1-28-4-10-31(11-5-28)43-35-16-18-37(48-35)44(32-12-6-29(2)7-13-32)39-20-22-41(50-39)46(34-24-26-47-27-25-34)42-23-21-40(51-42)45(38-19-17-36(43)49-38)33-14-8-30(3)9-15-33;1-5-14-24(15-6-1)28(25-16-7-2-8-17-25)22-13-23-29(26-18-9-3-10-19-26)27-20-11-4-12-21-27;/h2*4-27,48,51H,1-3H3;1-12,14-21H,13,22-23H2;/q;;;+2/p+2. The third-order valence-corrected chi connectivity index (χ3v) is 30.7. The second-order valence-electron chi connectivity index (χ2n) is 33.9. The Morgan fingerprint density at radius 2 is 0.348 bits per heavy atom. The van der Waals surface area contributed by atoms with Crippen molar-refractivity contribution in [1.29, 1.82) is 0 Å². The molecule has 22 rings (SSSR count). The molecule has 0 saturated heterocycles. The van der Waals surface area contributed by atoms with Crippen LogP contribution in [-0.2, 0) is 20.4 Å². The van der Waals surface area contributed by atoms with E-state index in [1.54, 1.807) is 0 Å². The van der Waals surface area contributed by atoms with Gasteiger partial charge in [0.2, 0.25) is 0 Å². The van der Waals surface area contributed by atoms with Crippen molar-refractivity contribution in [2.24, 2.45) is 0 Å². The van der Waals surface area contributed by atoms with Gasteiger partial charge in [-0.05, 0) is 256 Å². The zero-order valence-electron chi connectivity index (χ0n) is 74.4. The van der Waals surface area contributed by atoms with E-state index < -0.39 is 15.8 Å². The molecule has 10 nitrogen and oxygen atoms in total. The number of aromatic nitrogens is 10. The van der Waals surface area contributed by atoms with Crippen LogP contribution in [0.2, 0.25) is 0 Å². The van der Waals surface area contributed by atoms with E-state index in [1.165, 1.54) is 73.3 Å². The minimum atomic E-state index is -0.742. The Hall–Kier alpha value is -14.8. The van der Waals surface area contributed by atoms with Gasteiger partial charge in [-0.3, -0.25) is 9.97 Å². The summed E-state index contributed by atoms with van der Waals surface area (Å²) in [7, 11) is -1.48. The first kappa shape index (κ1) is 86.6. The molecular weight excluding hydrogens is 1740 g/mol. The molecule has 0 saturated carbocycles. The van der Waals surface area contributed by atoms with Crippen molar-refractivity contribution in [2.75, 3.05) is 12.3 Å². The summed E-state index contributed by atoms with van der Waals surface area (Å²) in [5.74, 6) is 0. The quantitative estimate of drug-likeness (QED) is 0.0561. The molecule has 4 N–H and O–H groups in total. The smallest absolute Gasteiger partial charge is 0.354 e. The second kappa shape index (κ2) is 39.3. The van der Waals surface area contributed by atoms with E-state index in [4.69, 9.17) is 19.9 Å². The molecule has 0 unspecified atom stereocenters.